The van der Waals surface area contributed by atoms with Gasteiger partial charge in [0.25, 0.3) is 0 Å². The van der Waals surface area contributed by atoms with Crippen LogP contribution >= 0.6 is 11.8 Å². The lowest BCUT2D eigenvalue weighted by molar-refractivity contribution is -0.138. The lowest BCUT2D eigenvalue weighted by atomic mass is 10.1. The Hall–Kier alpha value is -2.22. The molecule has 144 valence electrons. The van der Waals surface area contributed by atoms with E-state index >= 15 is 0 Å². The lowest BCUT2D eigenvalue weighted by Crippen LogP contribution is -2.45. The van der Waals surface area contributed by atoms with Crippen molar-refractivity contribution in [1.29, 1.82) is 0 Å². The molecule has 0 unspecified atom stereocenters. The summed E-state index contributed by atoms with van der Waals surface area (Å²) in [4.78, 5) is 34.7. The van der Waals surface area contributed by atoms with Crippen LogP contribution < -0.4 is 10.6 Å². The number of alkyl carbamates (subject to hydrolysis) is 1. The third kappa shape index (κ3) is 9.93. The third-order valence-corrected chi connectivity index (χ3v) is 4.12. The summed E-state index contributed by atoms with van der Waals surface area (Å²) in [6.45, 7) is 5.59. The summed E-state index contributed by atoms with van der Waals surface area (Å²) in [5.74, 6) is -1.16. The molecule has 8 heteroatoms. The smallest absolute Gasteiger partial charge is 0.408 e. The van der Waals surface area contributed by atoms with Crippen molar-refractivity contribution in [3.63, 3.8) is 0 Å². The van der Waals surface area contributed by atoms with Crippen LogP contribution in [-0.2, 0) is 20.7 Å². The predicted octanol–water partition coefficient (Wildman–Crippen LogP) is 2.06. The van der Waals surface area contributed by atoms with Gasteiger partial charge in [-0.15, -0.1) is 11.8 Å². The third-order valence-electron chi connectivity index (χ3n) is 3.09. The number of hydrogen-bond acceptors (Lipinski definition) is 5. The molecule has 0 aromatic heterocycles. The van der Waals surface area contributed by atoms with Gasteiger partial charge in [0.05, 0.1) is 5.75 Å². The normalized spacial score (nSPS) is 12.1. The van der Waals surface area contributed by atoms with E-state index in [0.29, 0.717) is 6.54 Å². The zero-order valence-corrected chi connectivity index (χ0v) is 16.1. The Balaban J connectivity index is 2.28. The highest BCUT2D eigenvalue weighted by molar-refractivity contribution is 8.00. The van der Waals surface area contributed by atoms with E-state index in [0.717, 1.165) is 23.7 Å². The number of rotatable bonds is 9. The van der Waals surface area contributed by atoms with Crippen LogP contribution in [0.25, 0.3) is 0 Å². The molecular formula is C18H26N2O5S. The molecule has 3 N–H and O–H groups in total. The summed E-state index contributed by atoms with van der Waals surface area (Å²) in [6, 6.07) is 8.67. The molecule has 7 nitrogen and oxygen atoms in total. The zero-order valence-electron chi connectivity index (χ0n) is 15.3. The van der Waals surface area contributed by atoms with E-state index in [-0.39, 0.29) is 17.4 Å². The molecule has 0 aliphatic rings. The van der Waals surface area contributed by atoms with E-state index in [1.807, 2.05) is 30.3 Å². The molecule has 1 rings (SSSR count). The van der Waals surface area contributed by atoms with Crippen LogP contribution in [0.4, 0.5) is 4.79 Å². The molecule has 0 saturated heterocycles. The fourth-order valence-electron chi connectivity index (χ4n) is 1.94. The Labute approximate surface area is 157 Å². The molecular weight excluding hydrogens is 356 g/mol. The van der Waals surface area contributed by atoms with E-state index in [2.05, 4.69) is 10.6 Å². The number of ether oxygens (including phenoxy) is 1. The Morgan fingerprint density at radius 1 is 1.19 bits per heavy atom. The first-order valence-corrected chi connectivity index (χ1v) is 9.43. The van der Waals surface area contributed by atoms with Gasteiger partial charge in [-0.25, -0.2) is 9.59 Å². The van der Waals surface area contributed by atoms with Gasteiger partial charge in [0.2, 0.25) is 5.91 Å². The highest BCUT2D eigenvalue weighted by Gasteiger charge is 2.24. The monoisotopic (exact) mass is 382 g/mol. The van der Waals surface area contributed by atoms with Crippen LogP contribution in [0, 0.1) is 0 Å². The Morgan fingerprint density at radius 3 is 2.42 bits per heavy atom. The van der Waals surface area contributed by atoms with Crippen molar-refractivity contribution in [2.24, 2.45) is 0 Å². The minimum Gasteiger partial charge on any atom is -0.480 e. The minimum absolute atomic E-state index is 0.0701. The molecule has 1 aromatic rings. The molecule has 0 spiro atoms. The van der Waals surface area contributed by atoms with Gasteiger partial charge in [-0.1, -0.05) is 30.3 Å². The number of hydrogen-bond donors (Lipinski definition) is 3. The molecule has 1 atom stereocenters. The van der Waals surface area contributed by atoms with Crippen molar-refractivity contribution in [3.05, 3.63) is 35.9 Å². The largest absolute Gasteiger partial charge is 0.480 e. The first-order valence-electron chi connectivity index (χ1n) is 8.28. The molecule has 0 fully saturated rings. The van der Waals surface area contributed by atoms with Crippen LogP contribution in [-0.4, -0.2) is 52.8 Å². The maximum Gasteiger partial charge on any atom is 0.408 e. The summed E-state index contributed by atoms with van der Waals surface area (Å²) >= 11 is 1.14. The Morgan fingerprint density at radius 2 is 1.85 bits per heavy atom. The van der Waals surface area contributed by atoms with Crippen molar-refractivity contribution in [3.8, 4) is 0 Å². The van der Waals surface area contributed by atoms with Gasteiger partial charge in [-0.05, 0) is 32.8 Å². The molecule has 0 aliphatic carbocycles. The summed E-state index contributed by atoms with van der Waals surface area (Å²) in [7, 11) is 0. The lowest BCUT2D eigenvalue weighted by Gasteiger charge is -2.21. The number of carboxylic acid groups (broad SMARTS) is 1. The maximum atomic E-state index is 11.8. The van der Waals surface area contributed by atoms with E-state index in [9.17, 15) is 14.4 Å². The van der Waals surface area contributed by atoms with E-state index in [1.165, 1.54) is 0 Å². The van der Waals surface area contributed by atoms with Gasteiger partial charge in [0.1, 0.15) is 11.6 Å². The van der Waals surface area contributed by atoms with Crippen LogP contribution in [0.3, 0.4) is 0 Å². The predicted molar refractivity (Wildman–Crippen MR) is 101 cm³/mol. The number of carbonyl (C=O) groups is 3. The number of benzene rings is 1. The van der Waals surface area contributed by atoms with Crippen molar-refractivity contribution in [2.75, 3.05) is 18.1 Å². The van der Waals surface area contributed by atoms with E-state index in [1.54, 1.807) is 20.8 Å². The van der Waals surface area contributed by atoms with E-state index in [4.69, 9.17) is 9.84 Å². The first-order chi connectivity index (χ1) is 12.2. The van der Waals surface area contributed by atoms with Crippen LogP contribution in [0.1, 0.15) is 26.3 Å². The summed E-state index contributed by atoms with van der Waals surface area (Å²) in [6.07, 6.45) is -0.0623. The van der Waals surface area contributed by atoms with Gasteiger partial charge < -0.3 is 20.5 Å². The first kappa shape index (κ1) is 21.8. The average molecular weight is 382 g/mol. The number of carboxylic acids is 1. The molecule has 2 amide bonds. The number of thioether (sulfide) groups is 1. The standard InChI is InChI=1S/C18H26N2O5S/c1-18(2,3)25-17(24)20-14(16(22)23)11-26-12-15(21)19-10-9-13-7-5-4-6-8-13/h4-8,14H,9-12H2,1-3H3,(H,19,21)(H,20,24)(H,22,23)/t14-/m1/s1. The second kappa shape index (κ2) is 10.7. The van der Waals surface area contributed by atoms with E-state index < -0.39 is 23.7 Å². The molecule has 0 bridgehead atoms. The number of amides is 2. The number of aliphatic carboxylic acids is 1. The number of nitrogens with one attached hydrogen (secondary N) is 2. The van der Waals surface area contributed by atoms with Gasteiger partial charge in [-0.3, -0.25) is 4.79 Å². The Kier molecular flexibility index (Phi) is 8.98. The molecule has 0 aliphatic heterocycles. The van der Waals surface area contributed by atoms with Gasteiger partial charge in [0.15, 0.2) is 0 Å². The maximum absolute atomic E-state index is 11.8. The number of carbonyl (C=O) groups excluding carboxylic acids is 2. The summed E-state index contributed by atoms with van der Waals surface area (Å²) < 4.78 is 5.04. The molecule has 0 saturated carbocycles. The van der Waals surface area contributed by atoms with Crippen LogP contribution in [0.15, 0.2) is 30.3 Å². The van der Waals surface area contributed by atoms with Crippen molar-refractivity contribution in [2.45, 2.75) is 38.8 Å². The fourth-order valence-corrected chi connectivity index (χ4v) is 2.80. The minimum atomic E-state index is -1.17. The topological polar surface area (TPSA) is 105 Å². The second-order valence-corrected chi connectivity index (χ2v) is 7.67. The summed E-state index contributed by atoms with van der Waals surface area (Å²) in [5, 5.41) is 14.3. The molecule has 26 heavy (non-hydrogen) atoms. The zero-order chi connectivity index (χ0) is 19.6. The fraction of sp³-hybridized carbons (Fsp3) is 0.500. The molecule has 1 aromatic carbocycles. The second-order valence-electron chi connectivity index (χ2n) is 6.64. The highest BCUT2D eigenvalue weighted by atomic mass is 32.2. The van der Waals surface area contributed by atoms with Gasteiger partial charge >= 0.3 is 12.1 Å². The van der Waals surface area contributed by atoms with Gasteiger partial charge in [-0.2, -0.15) is 0 Å². The van der Waals surface area contributed by atoms with Crippen molar-refractivity contribution in [1.82, 2.24) is 10.6 Å². The quantitative estimate of drug-likeness (QED) is 0.604. The average Bonchev–Trinajstić information content (AvgIpc) is 2.53. The van der Waals surface area contributed by atoms with Crippen LogP contribution in [0.2, 0.25) is 0 Å². The highest BCUT2D eigenvalue weighted by Crippen LogP contribution is 2.08. The molecule has 0 heterocycles. The van der Waals surface area contributed by atoms with Crippen molar-refractivity contribution < 1.29 is 24.2 Å². The molecule has 0 radical (unpaired) electrons. The SMILES string of the molecule is CC(C)(C)OC(=O)N[C@H](CSCC(=O)NCCc1ccccc1)C(=O)O. The van der Waals surface area contributed by atoms with Crippen molar-refractivity contribution >= 4 is 29.7 Å². The summed E-state index contributed by atoms with van der Waals surface area (Å²) in [5.41, 5.74) is 0.423. The Bertz CT molecular complexity index is 601. The van der Waals surface area contributed by atoms with Crippen LogP contribution in [0.5, 0.6) is 0 Å². The van der Waals surface area contributed by atoms with Gasteiger partial charge in [0, 0.05) is 12.3 Å².